The van der Waals surface area contributed by atoms with Crippen molar-refractivity contribution in [2.24, 2.45) is 11.3 Å². The van der Waals surface area contributed by atoms with Crippen LogP contribution in [-0.2, 0) is 4.65 Å². The second-order valence-electron chi connectivity index (χ2n) is 4.64. The van der Waals surface area contributed by atoms with Crippen LogP contribution in [0.1, 0.15) is 26.2 Å². The van der Waals surface area contributed by atoms with Crippen molar-refractivity contribution in [3.63, 3.8) is 0 Å². The van der Waals surface area contributed by atoms with E-state index in [1.807, 2.05) is 0 Å². The molecule has 0 aromatic carbocycles. The predicted molar refractivity (Wildman–Crippen MR) is 56.9 cm³/mol. The van der Waals surface area contributed by atoms with Gasteiger partial charge in [0, 0.05) is 25.1 Å². The van der Waals surface area contributed by atoms with Gasteiger partial charge in [-0.3, -0.25) is 5.84 Å². The van der Waals surface area contributed by atoms with Crippen molar-refractivity contribution in [2.75, 3.05) is 19.7 Å². The van der Waals surface area contributed by atoms with E-state index in [4.69, 9.17) is 15.8 Å². The summed E-state index contributed by atoms with van der Waals surface area (Å²) in [6, 6.07) is 0. The van der Waals surface area contributed by atoms with Gasteiger partial charge in [0.25, 0.3) is 0 Å². The molecule has 0 spiro atoms. The van der Waals surface area contributed by atoms with Crippen molar-refractivity contribution in [2.45, 2.75) is 26.2 Å². The largest absolute Gasteiger partial charge is 0.537 e. The Balaban J connectivity index is 2.09. The molecule has 1 unspecified atom stereocenters. The van der Waals surface area contributed by atoms with Crippen LogP contribution in [0.3, 0.4) is 0 Å². The molecular weight excluding hydrogens is 191 g/mol. The van der Waals surface area contributed by atoms with E-state index in [1.54, 1.807) is 9.73 Å². The average Bonchev–Trinajstić information content (AvgIpc) is 2.26. The van der Waals surface area contributed by atoms with E-state index in [0.717, 1.165) is 26.1 Å². The van der Waals surface area contributed by atoms with E-state index < -0.39 is 0 Å². The van der Waals surface area contributed by atoms with Gasteiger partial charge in [0.05, 0.1) is 0 Å². The first-order chi connectivity index (χ1) is 7.21. The van der Waals surface area contributed by atoms with Crippen LogP contribution in [0.4, 0.5) is 0 Å². The van der Waals surface area contributed by atoms with Crippen LogP contribution in [-0.4, -0.2) is 36.6 Å². The van der Waals surface area contributed by atoms with Crippen LogP contribution in [0.25, 0.3) is 0 Å². The highest BCUT2D eigenvalue weighted by atomic mass is 16.5. The summed E-state index contributed by atoms with van der Waals surface area (Å²) < 4.78 is 5.60. The Hall–Kier alpha value is -0.765. The molecule has 1 atom stereocenters. The third-order valence-corrected chi connectivity index (χ3v) is 3.30. The van der Waals surface area contributed by atoms with Gasteiger partial charge in [0.1, 0.15) is 0 Å². The summed E-state index contributed by atoms with van der Waals surface area (Å²) >= 11 is 0. The minimum Gasteiger partial charge on any atom is -0.401 e. The number of unbranched alkanes of at least 4 members (excludes halogenated alkanes) is 1. The average molecular weight is 208 g/mol. The summed E-state index contributed by atoms with van der Waals surface area (Å²) in [7, 11) is -0.335. The number of hydrogen-bond donors (Lipinski definition) is 1. The monoisotopic (exact) mass is 208 g/mol. The van der Waals surface area contributed by atoms with E-state index in [2.05, 4.69) is 13.1 Å². The lowest BCUT2D eigenvalue weighted by Crippen LogP contribution is -2.72. The molecule has 2 bridgehead atoms. The lowest BCUT2D eigenvalue weighted by Gasteiger charge is -2.52. The van der Waals surface area contributed by atoms with Gasteiger partial charge in [-0.25, -0.2) is 4.92 Å². The lowest BCUT2D eigenvalue weighted by atomic mass is 9.71. The Morgan fingerprint density at radius 1 is 1.60 bits per heavy atom. The van der Waals surface area contributed by atoms with Gasteiger partial charge in [-0.2, -0.15) is 5.26 Å². The van der Waals surface area contributed by atoms with Crippen LogP contribution < -0.4 is 5.84 Å². The van der Waals surface area contributed by atoms with Crippen LogP contribution in [0.15, 0.2) is 0 Å². The molecule has 3 saturated heterocycles. The zero-order valence-electron chi connectivity index (χ0n) is 9.15. The standard InChI is InChI=1S/C9H17BN4O/c1-2-3-4-9-5-13(8-11)10(15-7-9)14(12)6-9/h2-7,12H2,1H3. The predicted octanol–water partition coefficient (Wildman–Crippen LogP) is 0.150. The summed E-state index contributed by atoms with van der Waals surface area (Å²) in [5, 5.41) is 8.98. The third-order valence-electron chi connectivity index (χ3n) is 3.30. The molecule has 0 radical (unpaired) electrons. The van der Waals surface area contributed by atoms with E-state index >= 15 is 0 Å². The molecule has 0 amide bonds. The molecule has 3 rings (SSSR count). The highest BCUT2D eigenvalue weighted by molar-refractivity contribution is 6.46. The minimum atomic E-state index is -0.335. The summed E-state index contributed by atoms with van der Waals surface area (Å²) in [5.74, 6) is 5.86. The molecule has 0 saturated carbocycles. The zero-order valence-corrected chi connectivity index (χ0v) is 9.15. The van der Waals surface area contributed by atoms with Gasteiger partial charge in [0.2, 0.25) is 0 Å². The van der Waals surface area contributed by atoms with Crippen molar-refractivity contribution in [1.82, 2.24) is 9.73 Å². The molecule has 0 aromatic heterocycles. The summed E-state index contributed by atoms with van der Waals surface area (Å²) in [6.45, 7) is 4.55. The summed E-state index contributed by atoms with van der Waals surface area (Å²) in [6.07, 6.45) is 5.58. The fourth-order valence-corrected chi connectivity index (χ4v) is 2.53. The van der Waals surface area contributed by atoms with Crippen LogP contribution in [0.5, 0.6) is 0 Å². The van der Waals surface area contributed by atoms with Gasteiger partial charge in [0.15, 0.2) is 6.19 Å². The normalized spacial score (nSPS) is 30.7. The zero-order chi connectivity index (χ0) is 10.9. The maximum atomic E-state index is 8.98. The molecule has 3 heterocycles. The highest BCUT2D eigenvalue weighted by Crippen LogP contribution is 2.36. The highest BCUT2D eigenvalue weighted by Gasteiger charge is 2.52. The third kappa shape index (κ3) is 1.83. The first kappa shape index (κ1) is 10.7. The minimum absolute atomic E-state index is 0.0647. The number of hydrazine groups is 1. The maximum absolute atomic E-state index is 8.98. The molecule has 3 aliphatic heterocycles. The number of rotatable bonds is 3. The molecule has 5 nitrogen and oxygen atoms in total. The lowest BCUT2D eigenvalue weighted by molar-refractivity contribution is -0.0168. The summed E-state index contributed by atoms with van der Waals surface area (Å²) in [5.41, 5.74) is 0.0647. The molecule has 0 aliphatic carbocycles. The SMILES string of the molecule is CCCCC12COB(N(N)C1)N(C#N)C2. The van der Waals surface area contributed by atoms with Gasteiger partial charge >= 0.3 is 7.19 Å². The fourth-order valence-electron chi connectivity index (χ4n) is 2.53. The molecule has 3 aliphatic rings. The van der Waals surface area contributed by atoms with Crippen LogP contribution in [0.2, 0.25) is 0 Å². The van der Waals surface area contributed by atoms with Gasteiger partial charge < -0.3 is 9.47 Å². The second kappa shape index (κ2) is 4.01. The topological polar surface area (TPSA) is 65.5 Å². The quantitative estimate of drug-likeness (QED) is 0.406. The van der Waals surface area contributed by atoms with E-state index in [-0.39, 0.29) is 12.6 Å². The van der Waals surface area contributed by atoms with Crippen molar-refractivity contribution in [3.05, 3.63) is 0 Å². The van der Waals surface area contributed by atoms with E-state index in [9.17, 15) is 0 Å². The molecule has 0 aromatic rings. The van der Waals surface area contributed by atoms with E-state index in [0.29, 0.717) is 0 Å². The van der Waals surface area contributed by atoms with Crippen molar-refractivity contribution < 1.29 is 4.65 Å². The van der Waals surface area contributed by atoms with E-state index in [1.165, 1.54) is 12.8 Å². The second-order valence-corrected chi connectivity index (χ2v) is 4.64. The molecule has 15 heavy (non-hydrogen) atoms. The van der Waals surface area contributed by atoms with Crippen molar-refractivity contribution in [3.8, 4) is 6.19 Å². The molecule has 82 valence electrons. The Labute approximate surface area is 90.9 Å². The number of nitrogens with zero attached hydrogens (tertiary/aromatic N) is 3. The molecule has 2 N–H and O–H groups in total. The summed E-state index contributed by atoms with van der Waals surface area (Å²) in [4.78, 5) is 3.29. The molecule has 3 fully saturated rings. The maximum Gasteiger partial charge on any atom is 0.537 e. The van der Waals surface area contributed by atoms with Crippen molar-refractivity contribution in [1.29, 1.82) is 5.26 Å². The Morgan fingerprint density at radius 2 is 2.40 bits per heavy atom. The first-order valence-corrected chi connectivity index (χ1v) is 5.50. The molecule has 6 heteroatoms. The smallest absolute Gasteiger partial charge is 0.401 e. The number of nitriles is 1. The van der Waals surface area contributed by atoms with Crippen molar-refractivity contribution >= 4 is 7.19 Å². The first-order valence-electron chi connectivity index (χ1n) is 5.50. The Bertz CT molecular complexity index is 282. The van der Waals surface area contributed by atoms with Crippen LogP contribution in [0, 0.1) is 16.9 Å². The Morgan fingerprint density at radius 3 is 3.00 bits per heavy atom. The number of hydrogen-bond acceptors (Lipinski definition) is 5. The molecular formula is C9H17BN4O. The number of fused-ring (bicyclic) bond motifs is 3. The van der Waals surface area contributed by atoms with Gasteiger partial charge in [-0.1, -0.05) is 19.8 Å². The Kier molecular flexibility index (Phi) is 2.87. The van der Waals surface area contributed by atoms with Gasteiger partial charge in [-0.15, -0.1) is 0 Å². The number of nitrogens with two attached hydrogens (primary N) is 1. The van der Waals surface area contributed by atoms with Gasteiger partial charge in [-0.05, 0) is 6.42 Å². The van der Waals surface area contributed by atoms with Crippen LogP contribution >= 0.6 is 0 Å². The fraction of sp³-hybridized carbons (Fsp3) is 0.889.